The van der Waals surface area contributed by atoms with Crippen molar-refractivity contribution in [3.63, 3.8) is 0 Å². The molecule has 1 aliphatic carbocycles. The third-order valence-electron chi connectivity index (χ3n) is 12.0. The predicted octanol–water partition coefficient (Wildman–Crippen LogP) is 8.52. The van der Waals surface area contributed by atoms with Crippen LogP contribution < -0.4 is 0 Å². The number of aromatic nitrogens is 4. The Bertz CT molecular complexity index is 1990. The van der Waals surface area contributed by atoms with Crippen LogP contribution in [-0.2, 0) is 14.9 Å². The topological polar surface area (TPSA) is 107 Å². The number of hydrogen-bond acceptors (Lipinski definition) is 5. The summed E-state index contributed by atoms with van der Waals surface area (Å²) < 4.78 is 5.75. The van der Waals surface area contributed by atoms with Gasteiger partial charge in [0.1, 0.15) is 17.2 Å². The maximum Gasteiger partial charge on any atom is 0.410 e. The highest BCUT2D eigenvalue weighted by molar-refractivity contribution is 5.83. The lowest BCUT2D eigenvalue weighted by molar-refractivity contribution is -0.145. The molecule has 2 aliphatic heterocycles. The number of rotatable bonds is 6. The van der Waals surface area contributed by atoms with Crippen molar-refractivity contribution in [3.8, 4) is 23.1 Å². The number of piperidine rings is 1. The van der Waals surface area contributed by atoms with Gasteiger partial charge in [-0.1, -0.05) is 51.7 Å². The van der Waals surface area contributed by atoms with Crippen molar-refractivity contribution >= 4 is 23.0 Å². The Morgan fingerprint density at radius 1 is 0.961 bits per heavy atom. The van der Waals surface area contributed by atoms with Crippen LogP contribution in [0.1, 0.15) is 122 Å². The van der Waals surface area contributed by atoms with Crippen molar-refractivity contribution in [1.82, 2.24) is 29.7 Å². The number of fused-ring (bicyclic) bond motifs is 2. The van der Waals surface area contributed by atoms with Gasteiger partial charge in [0.15, 0.2) is 0 Å². The van der Waals surface area contributed by atoms with Gasteiger partial charge in [0.25, 0.3) is 0 Å². The van der Waals surface area contributed by atoms with Gasteiger partial charge in [-0.05, 0) is 108 Å². The standard InChI is InChI=1S/C42H52N6O3/c1-8-41(7,27(2)3)38(49)47-23-9-11-34(47)36-43-26-33(44-36)30-17-14-28(15-18-30)12-13-29-16-19-31-32(25-29)46-37(45-31)42-21-10-24-48(35(42)20-22-42)39(50)51-40(4,5)6/h14-19,25-27,34-35H,8-11,20-24H2,1-7H3,(H,43,44)(H,45,46). The van der Waals surface area contributed by atoms with E-state index in [1.807, 2.05) is 61.0 Å². The largest absolute Gasteiger partial charge is 0.444 e. The van der Waals surface area contributed by atoms with Crippen molar-refractivity contribution < 1.29 is 14.3 Å². The molecule has 0 spiro atoms. The zero-order chi connectivity index (χ0) is 36.1. The average molecular weight is 689 g/mol. The summed E-state index contributed by atoms with van der Waals surface area (Å²) in [6.45, 7) is 15.7. The van der Waals surface area contributed by atoms with Crippen molar-refractivity contribution in [3.05, 3.63) is 71.4 Å². The zero-order valence-electron chi connectivity index (χ0n) is 31.2. The molecule has 9 nitrogen and oxygen atoms in total. The average Bonchev–Trinajstić information content (AvgIpc) is 3.86. The van der Waals surface area contributed by atoms with Crippen molar-refractivity contribution in [2.45, 2.75) is 117 Å². The van der Waals surface area contributed by atoms with Gasteiger partial charge in [-0.2, -0.15) is 0 Å². The van der Waals surface area contributed by atoms with Gasteiger partial charge in [0.2, 0.25) is 5.91 Å². The summed E-state index contributed by atoms with van der Waals surface area (Å²) in [6, 6.07) is 14.4. The summed E-state index contributed by atoms with van der Waals surface area (Å²) in [5.41, 5.74) is 4.63. The Hall–Kier alpha value is -4.58. The summed E-state index contributed by atoms with van der Waals surface area (Å²) >= 11 is 0. The predicted molar refractivity (Wildman–Crippen MR) is 200 cm³/mol. The summed E-state index contributed by atoms with van der Waals surface area (Å²) in [6.07, 6.45) is 8.29. The van der Waals surface area contributed by atoms with Crippen LogP contribution in [-0.4, -0.2) is 66.5 Å². The minimum Gasteiger partial charge on any atom is -0.444 e. The van der Waals surface area contributed by atoms with Crippen LogP contribution in [0.15, 0.2) is 48.7 Å². The molecular weight excluding hydrogens is 637 g/mol. The van der Waals surface area contributed by atoms with Gasteiger partial charge in [0.05, 0.1) is 29.0 Å². The molecule has 4 heterocycles. The molecule has 1 saturated carbocycles. The molecule has 51 heavy (non-hydrogen) atoms. The van der Waals surface area contributed by atoms with Gasteiger partial charge < -0.3 is 24.5 Å². The third-order valence-corrected chi connectivity index (χ3v) is 12.0. The molecule has 2 amide bonds. The number of H-pyrrole nitrogens is 2. The zero-order valence-corrected chi connectivity index (χ0v) is 31.2. The van der Waals surface area contributed by atoms with E-state index in [1.54, 1.807) is 0 Å². The van der Waals surface area contributed by atoms with Crippen LogP contribution in [0.5, 0.6) is 0 Å². The molecule has 2 saturated heterocycles. The summed E-state index contributed by atoms with van der Waals surface area (Å²) in [5, 5.41) is 0. The summed E-state index contributed by atoms with van der Waals surface area (Å²) in [5.74, 6) is 8.98. The SMILES string of the molecule is CCC(C)(C(=O)N1CCCC1c1ncc(-c2ccc(C#Cc3ccc4nc(C56CCCN(C(=O)OC(C)(C)C)C5CC6)[nH]c4c3)cc2)[nH]1)C(C)C. The molecule has 4 atom stereocenters. The van der Waals surface area contributed by atoms with Gasteiger partial charge in [-0.25, -0.2) is 14.8 Å². The fraction of sp³-hybridized carbons (Fsp3) is 0.524. The first-order chi connectivity index (χ1) is 24.3. The number of imidazole rings is 2. The number of aromatic amines is 2. The van der Waals surface area contributed by atoms with E-state index in [-0.39, 0.29) is 40.8 Å². The molecule has 0 bridgehead atoms. The van der Waals surface area contributed by atoms with E-state index in [0.717, 1.165) is 103 Å². The van der Waals surface area contributed by atoms with Crippen molar-refractivity contribution in [2.24, 2.45) is 11.3 Å². The second-order valence-corrected chi connectivity index (χ2v) is 16.4. The molecule has 9 heteroatoms. The van der Waals surface area contributed by atoms with E-state index in [9.17, 15) is 9.59 Å². The maximum absolute atomic E-state index is 13.7. The fourth-order valence-electron chi connectivity index (χ4n) is 8.30. The summed E-state index contributed by atoms with van der Waals surface area (Å²) in [7, 11) is 0. The van der Waals surface area contributed by atoms with Crippen LogP contribution in [0.4, 0.5) is 4.79 Å². The van der Waals surface area contributed by atoms with Crippen molar-refractivity contribution in [2.75, 3.05) is 13.1 Å². The lowest BCUT2D eigenvalue weighted by atomic mass is 9.59. The number of benzene rings is 2. The number of amides is 2. The normalized spacial score (nSPS) is 23.0. The Morgan fingerprint density at radius 2 is 1.69 bits per heavy atom. The van der Waals surface area contributed by atoms with Gasteiger partial charge in [0, 0.05) is 41.1 Å². The molecule has 4 unspecified atom stereocenters. The van der Waals surface area contributed by atoms with Gasteiger partial charge in [-0.15, -0.1) is 0 Å². The molecule has 4 aromatic rings. The Balaban J connectivity index is 1.04. The van der Waals surface area contributed by atoms with E-state index >= 15 is 0 Å². The third kappa shape index (κ3) is 6.43. The molecular formula is C42H52N6O3. The molecule has 268 valence electrons. The quantitative estimate of drug-likeness (QED) is 0.198. The lowest BCUT2D eigenvalue weighted by Gasteiger charge is -2.56. The molecule has 3 aliphatic rings. The highest BCUT2D eigenvalue weighted by atomic mass is 16.6. The molecule has 3 fully saturated rings. The van der Waals surface area contributed by atoms with Gasteiger partial charge in [-0.3, -0.25) is 4.79 Å². The minimum absolute atomic E-state index is 0.0197. The Labute approximate surface area is 302 Å². The number of nitrogens with zero attached hydrogens (tertiary/aromatic N) is 4. The second kappa shape index (κ2) is 13.2. The van der Waals surface area contributed by atoms with E-state index < -0.39 is 5.60 Å². The number of ether oxygens (including phenoxy) is 1. The molecule has 2 aromatic heterocycles. The van der Waals surface area contributed by atoms with E-state index in [1.165, 1.54) is 0 Å². The van der Waals surface area contributed by atoms with Crippen LogP contribution in [0, 0.1) is 23.2 Å². The van der Waals surface area contributed by atoms with Crippen LogP contribution in [0.3, 0.4) is 0 Å². The minimum atomic E-state index is -0.519. The van der Waals surface area contributed by atoms with E-state index in [4.69, 9.17) is 14.7 Å². The number of likely N-dealkylation sites (tertiary alicyclic amines) is 2. The summed E-state index contributed by atoms with van der Waals surface area (Å²) in [4.78, 5) is 47.6. The maximum atomic E-state index is 13.7. The number of carbonyl (C=O) groups excluding carboxylic acids is 2. The van der Waals surface area contributed by atoms with Crippen LogP contribution in [0.2, 0.25) is 0 Å². The van der Waals surface area contributed by atoms with Crippen LogP contribution >= 0.6 is 0 Å². The highest BCUT2D eigenvalue weighted by Gasteiger charge is 2.56. The fourth-order valence-corrected chi connectivity index (χ4v) is 8.30. The Morgan fingerprint density at radius 3 is 2.37 bits per heavy atom. The number of nitrogens with one attached hydrogen (secondary N) is 2. The molecule has 7 rings (SSSR count). The van der Waals surface area contributed by atoms with Gasteiger partial charge >= 0.3 is 6.09 Å². The van der Waals surface area contributed by atoms with Crippen LogP contribution in [0.25, 0.3) is 22.3 Å². The van der Waals surface area contributed by atoms with E-state index in [0.29, 0.717) is 0 Å². The molecule has 2 N–H and O–H groups in total. The molecule has 0 radical (unpaired) electrons. The smallest absolute Gasteiger partial charge is 0.410 e. The lowest BCUT2D eigenvalue weighted by Crippen LogP contribution is -2.63. The van der Waals surface area contributed by atoms with E-state index in [2.05, 4.69) is 67.7 Å². The number of carbonyl (C=O) groups is 2. The monoisotopic (exact) mass is 688 g/mol. The number of hydrogen-bond donors (Lipinski definition) is 2. The highest BCUT2D eigenvalue weighted by Crippen LogP contribution is 2.52. The first-order valence-corrected chi connectivity index (χ1v) is 18.8. The Kier molecular flexibility index (Phi) is 9.02. The second-order valence-electron chi connectivity index (χ2n) is 16.4. The molecule has 2 aromatic carbocycles. The first-order valence-electron chi connectivity index (χ1n) is 18.8. The first kappa shape index (κ1) is 34.9. The van der Waals surface area contributed by atoms with Crippen molar-refractivity contribution in [1.29, 1.82) is 0 Å².